The maximum Gasteiger partial charge on any atom is 0.358 e. The maximum absolute atomic E-state index is 13.2. The van der Waals surface area contributed by atoms with Crippen LogP contribution in [-0.4, -0.2) is 39.8 Å². The molecule has 0 radical (unpaired) electrons. The molecule has 0 bridgehead atoms. The number of hydrogen-bond acceptors (Lipinski definition) is 7. The van der Waals surface area contributed by atoms with Gasteiger partial charge in [0.1, 0.15) is 5.69 Å². The number of aryl methyl sites for hydroxylation is 2. The zero-order chi connectivity index (χ0) is 21.7. The third-order valence-electron chi connectivity index (χ3n) is 4.38. The Morgan fingerprint density at radius 3 is 2.57 bits per heavy atom. The van der Waals surface area contributed by atoms with E-state index in [0.717, 1.165) is 10.2 Å². The summed E-state index contributed by atoms with van der Waals surface area (Å²) in [6.07, 6.45) is 0.589. The molecule has 156 valence electrons. The van der Waals surface area contributed by atoms with Gasteiger partial charge in [-0.2, -0.15) is 5.10 Å². The van der Waals surface area contributed by atoms with Crippen molar-refractivity contribution in [3.05, 3.63) is 74.6 Å². The fourth-order valence-corrected chi connectivity index (χ4v) is 3.73. The molecule has 1 aromatic carbocycles. The van der Waals surface area contributed by atoms with E-state index in [1.165, 1.54) is 35.4 Å². The van der Waals surface area contributed by atoms with Crippen molar-refractivity contribution in [3.8, 4) is 0 Å². The van der Waals surface area contributed by atoms with E-state index in [1.54, 1.807) is 13.8 Å². The van der Waals surface area contributed by atoms with Crippen LogP contribution in [0.2, 0.25) is 0 Å². The predicted octanol–water partition coefficient (Wildman–Crippen LogP) is 2.61. The van der Waals surface area contributed by atoms with Crippen LogP contribution in [0.15, 0.2) is 47.3 Å². The SMILES string of the molecule is CCOC(=O)c1nc(N(CCc2ccccc2)C(=O)c2ccc(=O)n(C)n2)sc1C. The molecule has 0 aliphatic heterocycles. The highest BCUT2D eigenvalue weighted by Gasteiger charge is 2.26. The lowest BCUT2D eigenvalue weighted by Crippen LogP contribution is -2.35. The highest BCUT2D eigenvalue weighted by molar-refractivity contribution is 7.16. The lowest BCUT2D eigenvalue weighted by Gasteiger charge is -2.19. The number of ether oxygens (including phenoxy) is 1. The van der Waals surface area contributed by atoms with Crippen LogP contribution >= 0.6 is 11.3 Å². The summed E-state index contributed by atoms with van der Waals surface area (Å²) in [5.74, 6) is -0.918. The van der Waals surface area contributed by atoms with Gasteiger partial charge in [-0.3, -0.25) is 14.5 Å². The van der Waals surface area contributed by atoms with E-state index in [2.05, 4.69) is 10.1 Å². The molecule has 0 saturated carbocycles. The highest BCUT2D eigenvalue weighted by Crippen LogP contribution is 2.27. The third kappa shape index (κ3) is 4.80. The van der Waals surface area contributed by atoms with Crippen molar-refractivity contribution in [2.45, 2.75) is 20.3 Å². The van der Waals surface area contributed by atoms with Crippen LogP contribution < -0.4 is 10.5 Å². The molecule has 2 heterocycles. The van der Waals surface area contributed by atoms with Gasteiger partial charge in [-0.05, 0) is 31.9 Å². The lowest BCUT2D eigenvalue weighted by molar-refractivity contribution is 0.0519. The molecular weight excluding hydrogens is 404 g/mol. The molecule has 3 rings (SSSR count). The molecule has 0 unspecified atom stereocenters. The molecular formula is C21H22N4O4S. The minimum Gasteiger partial charge on any atom is -0.461 e. The zero-order valence-electron chi connectivity index (χ0n) is 17.0. The number of benzene rings is 1. The summed E-state index contributed by atoms with van der Waals surface area (Å²) in [4.78, 5) is 43.6. The van der Waals surface area contributed by atoms with Gasteiger partial charge in [-0.15, -0.1) is 11.3 Å². The third-order valence-corrected chi connectivity index (χ3v) is 5.37. The van der Waals surface area contributed by atoms with Crippen LogP contribution in [0.1, 0.15) is 38.3 Å². The molecule has 0 aliphatic carbocycles. The topological polar surface area (TPSA) is 94.4 Å². The Balaban J connectivity index is 1.95. The monoisotopic (exact) mass is 426 g/mol. The Morgan fingerprint density at radius 2 is 1.90 bits per heavy atom. The van der Waals surface area contributed by atoms with Gasteiger partial charge >= 0.3 is 5.97 Å². The Hall–Kier alpha value is -3.33. The number of carbonyl (C=O) groups excluding carboxylic acids is 2. The minimum atomic E-state index is -0.520. The Bertz CT molecular complexity index is 1110. The summed E-state index contributed by atoms with van der Waals surface area (Å²) in [7, 11) is 1.49. The second-order valence-corrected chi connectivity index (χ2v) is 7.68. The van der Waals surface area contributed by atoms with Crippen molar-refractivity contribution in [1.29, 1.82) is 0 Å². The molecule has 0 atom stereocenters. The van der Waals surface area contributed by atoms with Gasteiger partial charge in [-0.25, -0.2) is 14.5 Å². The van der Waals surface area contributed by atoms with E-state index in [4.69, 9.17) is 4.74 Å². The van der Waals surface area contributed by atoms with Crippen molar-refractivity contribution in [2.24, 2.45) is 7.05 Å². The van der Waals surface area contributed by atoms with E-state index in [1.807, 2.05) is 30.3 Å². The summed E-state index contributed by atoms with van der Waals surface area (Å²) in [5, 5.41) is 4.45. The number of amides is 1. The van der Waals surface area contributed by atoms with E-state index in [9.17, 15) is 14.4 Å². The molecule has 2 aromatic heterocycles. The second kappa shape index (κ2) is 9.45. The summed E-state index contributed by atoms with van der Waals surface area (Å²) in [6, 6.07) is 12.4. The smallest absolute Gasteiger partial charge is 0.358 e. The van der Waals surface area contributed by atoms with Gasteiger partial charge in [0.2, 0.25) is 0 Å². The van der Waals surface area contributed by atoms with Crippen molar-refractivity contribution < 1.29 is 14.3 Å². The number of esters is 1. The average Bonchev–Trinajstić information content (AvgIpc) is 3.12. The fourth-order valence-electron chi connectivity index (χ4n) is 2.81. The van der Waals surface area contributed by atoms with Crippen molar-refractivity contribution >= 4 is 28.3 Å². The number of aromatic nitrogens is 3. The Labute approximate surface area is 177 Å². The number of thiazole rings is 1. The van der Waals surface area contributed by atoms with Crippen LogP contribution in [0.4, 0.5) is 5.13 Å². The van der Waals surface area contributed by atoms with Gasteiger partial charge in [0.15, 0.2) is 10.8 Å². The molecule has 0 aliphatic rings. The molecule has 0 saturated heterocycles. The first kappa shape index (κ1) is 21.4. The zero-order valence-corrected chi connectivity index (χ0v) is 17.8. The van der Waals surface area contributed by atoms with Crippen LogP contribution in [0, 0.1) is 6.92 Å². The highest BCUT2D eigenvalue weighted by atomic mass is 32.1. The number of nitrogens with zero attached hydrogens (tertiary/aromatic N) is 4. The molecule has 0 N–H and O–H groups in total. The van der Waals surface area contributed by atoms with Crippen LogP contribution in [-0.2, 0) is 18.2 Å². The Morgan fingerprint density at radius 1 is 1.17 bits per heavy atom. The van der Waals surface area contributed by atoms with Gasteiger partial charge in [-0.1, -0.05) is 30.3 Å². The number of hydrogen-bond donors (Lipinski definition) is 0. The summed E-state index contributed by atoms with van der Waals surface area (Å²) in [6.45, 7) is 4.06. The second-order valence-electron chi connectivity index (χ2n) is 6.49. The molecule has 9 heteroatoms. The molecule has 3 aromatic rings. The van der Waals surface area contributed by atoms with Gasteiger partial charge in [0, 0.05) is 24.5 Å². The van der Waals surface area contributed by atoms with Crippen LogP contribution in [0.25, 0.3) is 0 Å². The molecule has 8 nitrogen and oxygen atoms in total. The largest absolute Gasteiger partial charge is 0.461 e. The van der Waals surface area contributed by atoms with Gasteiger partial charge in [0.25, 0.3) is 11.5 Å². The molecule has 0 fully saturated rings. The first-order valence-electron chi connectivity index (χ1n) is 9.45. The molecule has 0 spiro atoms. The minimum absolute atomic E-state index is 0.121. The quantitative estimate of drug-likeness (QED) is 0.539. The first-order chi connectivity index (χ1) is 14.4. The van der Waals surface area contributed by atoms with Crippen molar-refractivity contribution in [3.63, 3.8) is 0 Å². The Kier molecular flexibility index (Phi) is 6.73. The van der Waals surface area contributed by atoms with Gasteiger partial charge in [0.05, 0.1) is 6.61 Å². The number of rotatable bonds is 7. The van der Waals surface area contributed by atoms with Crippen molar-refractivity contribution in [2.75, 3.05) is 18.1 Å². The predicted molar refractivity (Wildman–Crippen MR) is 114 cm³/mol. The van der Waals surface area contributed by atoms with Crippen LogP contribution in [0.3, 0.4) is 0 Å². The van der Waals surface area contributed by atoms with Gasteiger partial charge < -0.3 is 4.74 Å². The van der Waals surface area contributed by atoms with E-state index < -0.39 is 11.9 Å². The first-order valence-corrected chi connectivity index (χ1v) is 10.3. The molecule has 30 heavy (non-hydrogen) atoms. The average molecular weight is 426 g/mol. The summed E-state index contributed by atoms with van der Waals surface area (Å²) < 4.78 is 6.17. The lowest BCUT2D eigenvalue weighted by atomic mass is 10.1. The number of carbonyl (C=O) groups is 2. The normalized spacial score (nSPS) is 10.6. The maximum atomic E-state index is 13.2. The van der Waals surface area contributed by atoms with Crippen LogP contribution in [0.5, 0.6) is 0 Å². The summed E-state index contributed by atoms with van der Waals surface area (Å²) in [5.41, 5.74) is 1.07. The van der Waals surface area contributed by atoms with E-state index >= 15 is 0 Å². The molecule has 1 amide bonds. The van der Waals surface area contributed by atoms with E-state index in [0.29, 0.717) is 23.0 Å². The van der Waals surface area contributed by atoms with Crippen molar-refractivity contribution in [1.82, 2.24) is 14.8 Å². The fraction of sp³-hybridized carbons (Fsp3) is 0.286. The standard InChI is InChI=1S/C21H22N4O4S/c1-4-29-20(28)18-14(2)30-21(22-18)25(13-12-15-8-6-5-7-9-15)19(27)16-10-11-17(26)24(3)23-16/h5-11H,4,12-13H2,1-3H3. The van der Waals surface area contributed by atoms with E-state index in [-0.39, 0.29) is 23.6 Å². The number of anilines is 1. The summed E-state index contributed by atoms with van der Waals surface area (Å²) >= 11 is 1.24.